The van der Waals surface area contributed by atoms with E-state index in [1.807, 2.05) is 24.3 Å². The zero-order valence-electron chi connectivity index (χ0n) is 15.6. The summed E-state index contributed by atoms with van der Waals surface area (Å²) in [5.41, 5.74) is 1.96. The van der Waals surface area contributed by atoms with E-state index >= 15 is 0 Å². The lowest BCUT2D eigenvalue weighted by molar-refractivity contribution is -0.00179. The molecular formula is C20H18F2N4O3. The van der Waals surface area contributed by atoms with E-state index in [-0.39, 0.29) is 24.9 Å². The van der Waals surface area contributed by atoms with Gasteiger partial charge in [0.25, 0.3) is 5.91 Å². The molecule has 0 aliphatic carbocycles. The van der Waals surface area contributed by atoms with Gasteiger partial charge in [-0.3, -0.25) is 4.79 Å². The molecule has 1 amide bonds. The minimum absolute atomic E-state index is 0.0326. The summed E-state index contributed by atoms with van der Waals surface area (Å²) >= 11 is 0. The summed E-state index contributed by atoms with van der Waals surface area (Å²) in [6, 6.07) is 10.6. The van der Waals surface area contributed by atoms with Crippen molar-refractivity contribution in [2.24, 2.45) is 0 Å². The Bertz CT molecular complexity index is 1020. The highest BCUT2D eigenvalue weighted by Crippen LogP contribution is 2.28. The summed E-state index contributed by atoms with van der Waals surface area (Å²) < 4.78 is 39.2. The third kappa shape index (κ3) is 4.09. The lowest BCUT2D eigenvalue weighted by Crippen LogP contribution is -2.27. The number of hydrogen-bond donors (Lipinski definition) is 1. The number of rotatable bonds is 5. The number of nitrogens with one attached hydrogen (secondary N) is 1. The van der Waals surface area contributed by atoms with Crippen molar-refractivity contribution in [3.63, 3.8) is 0 Å². The maximum absolute atomic E-state index is 13.3. The number of aromatic nitrogens is 3. The minimum atomic E-state index is -0.701. The van der Waals surface area contributed by atoms with Crippen molar-refractivity contribution >= 4 is 5.91 Å². The summed E-state index contributed by atoms with van der Waals surface area (Å²) in [7, 11) is 1.60. The van der Waals surface area contributed by atoms with Gasteiger partial charge in [-0.05, 0) is 35.4 Å². The van der Waals surface area contributed by atoms with Gasteiger partial charge in [0.15, 0.2) is 5.69 Å². The highest BCUT2D eigenvalue weighted by Gasteiger charge is 2.27. The Morgan fingerprint density at radius 2 is 1.97 bits per heavy atom. The number of carbonyl (C=O) groups is 1. The van der Waals surface area contributed by atoms with E-state index < -0.39 is 17.5 Å². The van der Waals surface area contributed by atoms with Gasteiger partial charge in [0.2, 0.25) is 0 Å². The molecule has 4 rings (SSSR count). The molecule has 2 aromatic carbocycles. The maximum atomic E-state index is 13.3. The Kier molecular flexibility index (Phi) is 5.22. The van der Waals surface area contributed by atoms with Crippen LogP contribution in [0.15, 0.2) is 42.5 Å². The number of ether oxygens (including phenoxy) is 2. The zero-order valence-corrected chi connectivity index (χ0v) is 15.6. The summed E-state index contributed by atoms with van der Waals surface area (Å²) in [5.74, 6) is -1.13. The molecule has 7 nitrogen and oxygen atoms in total. The molecule has 1 unspecified atom stereocenters. The van der Waals surface area contributed by atoms with E-state index in [2.05, 4.69) is 15.6 Å². The normalized spacial score (nSPS) is 15.6. The van der Waals surface area contributed by atoms with Crippen LogP contribution in [0.2, 0.25) is 0 Å². The van der Waals surface area contributed by atoms with Gasteiger partial charge < -0.3 is 14.8 Å². The second kappa shape index (κ2) is 7.96. The van der Waals surface area contributed by atoms with Crippen LogP contribution in [0, 0.1) is 11.6 Å². The lowest BCUT2D eigenvalue weighted by atomic mass is 10.1. The first-order valence-corrected chi connectivity index (χ1v) is 8.94. The van der Waals surface area contributed by atoms with Gasteiger partial charge in [0.05, 0.1) is 26.0 Å². The first-order valence-electron chi connectivity index (χ1n) is 8.94. The molecule has 150 valence electrons. The van der Waals surface area contributed by atoms with Gasteiger partial charge in [0, 0.05) is 12.6 Å². The minimum Gasteiger partial charge on any atom is -0.497 e. The fraction of sp³-hybridized carbons (Fsp3) is 0.250. The van der Waals surface area contributed by atoms with E-state index in [0.717, 1.165) is 29.5 Å². The van der Waals surface area contributed by atoms with Crippen molar-refractivity contribution in [3.05, 3.63) is 76.6 Å². The van der Waals surface area contributed by atoms with E-state index in [4.69, 9.17) is 9.47 Å². The number of benzene rings is 2. The summed E-state index contributed by atoms with van der Waals surface area (Å²) in [4.78, 5) is 12.5. The van der Waals surface area contributed by atoms with Crippen LogP contribution in [0.4, 0.5) is 8.78 Å². The predicted molar refractivity (Wildman–Crippen MR) is 98.1 cm³/mol. The number of hydrogen-bond acceptors (Lipinski definition) is 5. The molecule has 0 saturated heterocycles. The van der Waals surface area contributed by atoms with Crippen LogP contribution in [0.1, 0.15) is 33.4 Å². The lowest BCUT2D eigenvalue weighted by Gasteiger charge is -2.24. The summed E-state index contributed by atoms with van der Waals surface area (Å²) in [6.07, 6.45) is -0.221. The number of carbonyl (C=O) groups excluding carboxylic acids is 1. The topological polar surface area (TPSA) is 78.3 Å². The quantitative estimate of drug-likeness (QED) is 0.713. The third-order valence-corrected chi connectivity index (χ3v) is 4.68. The van der Waals surface area contributed by atoms with Crippen molar-refractivity contribution in [1.29, 1.82) is 0 Å². The molecule has 0 saturated carbocycles. The highest BCUT2D eigenvalue weighted by molar-refractivity contribution is 5.93. The highest BCUT2D eigenvalue weighted by atomic mass is 19.1. The van der Waals surface area contributed by atoms with Crippen molar-refractivity contribution in [2.45, 2.75) is 25.8 Å². The van der Waals surface area contributed by atoms with Gasteiger partial charge in [0.1, 0.15) is 23.5 Å². The van der Waals surface area contributed by atoms with Crippen LogP contribution >= 0.6 is 0 Å². The Hall–Kier alpha value is -3.33. The Morgan fingerprint density at radius 1 is 1.24 bits per heavy atom. The number of fused-ring (bicyclic) bond motifs is 1. The largest absolute Gasteiger partial charge is 0.497 e. The first kappa shape index (κ1) is 19.0. The first-order chi connectivity index (χ1) is 14.0. The standard InChI is InChI=1S/C20H18F2N4O3/c1-28-16-4-2-13(3-5-16)18-10-26-17(11-29-18)19(24-25-26)20(27)23-9-12-6-14(21)8-15(22)7-12/h2-8,18H,9-11H2,1H3,(H,23,27). The average molecular weight is 400 g/mol. The Balaban J connectivity index is 1.43. The molecule has 1 aliphatic heterocycles. The van der Waals surface area contributed by atoms with E-state index in [0.29, 0.717) is 17.8 Å². The molecule has 1 atom stereocenters. The molecule has 1 N–H and O–H groups in total. The van der Waals surface area contributed by atoms with Crippen LogP contribution in [-0.4, -0.2) is 28.0 Å². The zero-order chi connectivity index (χ0) is 20.4. The maximum Gasteiger partial charge on any atom is 0.274 e. The third-order valence-electron chi connectivity index (χ3n) is 4.68. The van der Waals surface area contributed by atoms with Crippen LogP contribution in [0.5, 0.6) is 5.75 Å². The van der Waals surface area contributed by atoms with Crippen LogP contribution < -0.4 is 10.1 Å². The average Bonchev–Trinajstić information content (AvgIpc) is 3.15. The number of methoxy groups -OCH3 is 1. The van der Waals surface area contributed by atoms with Gasteiger partial charge in [-0.2, -0.15) is 0 Å². The van der Waals surface area contributed by atoms with Crippen molar-refractivity contribution in [3.8, 4) is 5.75 Å². The van der Waals surface area contributed by atoms with Crippen molar-refractivity contribution in [1.82, 2.24) is 20.3 Å². The van der Waals surface area contributed by atoms with E-state index in [1.54, 1.807) is 11.8 Å². The molecule has 29 heavy (non-hydrogen) atoms. The molecule has 2 heterocycles. The van der Waals surface area contributed by atoms with Crippen LogP contribution in [0.3, 0.4) is 0 Å². The number of amides is 1. The van der Waals surface area contributed by atoms with Gasteiger partial charge in [-0.15, -0.1) is 5.10 Å². The van der Waals surface area contributed by atoms with Crippen molar-refractivity contribution < 1.29 is 23.0 Å². The number of halogens is 2. The smallest absolute Gasteiger partial charge is 0.274 e. The SMILES string of the molecule is COc1ccc(C2Cn3nnc(C(=O)NCc4cc(F)cc(F)c4)c3CO2)cc1. The second-order valence-electron chi connectivity index (χ2n) is 6.60. The second-order valence-corrected chi connectivity index (χ2v) is 6.60. The van der Waals surface area contributed by atoms with Gasteiger partial charge in [-0.25, -0.2) is 13.5 Å². The fourth-order valence-electron chi connectivity index (χ4n) is 3.19. The molecule has 3 aromatic rings. The molecule has 1 aliphatic rings. The molecule has 0 spiro atoms. The van der Waals surface area contributed by atoms with Crippen LogP contribution in [0.25, 0.3) is 0 Å². The molecule has 9 heteroatoms. The Labute approximate surface area is 165 Å². The fourth-order valence-corrected chi connectivity index (χ4v) is 3.19. The summed E-state index contributed by atoms with van der Waals surface area (Å²) in [6.45, 7) is 0.549. The molecule has 0 bridgehead atoms. The molecular weight excluding hydrogens is 382 g/mol. The molecule has 1 aromatic heterocycles. The van der Waals surface area contributed by atoms with Gasteiger partial charge in [-0.1, -0.05) is 17.3 Å². The van der Waals surface area contributed by atoms with Crippen molar-refractivity contribution in [2.75, 3.05) is 7.11 Å². The summed E-state index contributed by atoms with van der Waals surface area (Å²) in [5, 5.41) is 10.6. The molecule has 0 radical (unpaired) electrons. The predicted octanol–water partition coefficient (Wildman–Crippen LogP) is 2.77. The molecule has 0 fully saturated rings. The monoisotopic (exact) mass is 400 g/mol. The number of nitrogens with zero attached hydrogens (tertiary/aromatic N) is 3. The van der Waals surface area contributed by atoms with E-state index in [9.17, 15) is 13.6 Å². The van der Waals surface area contributed by atoms with Crippen LogP contribution in [-0.2, 0) is 24.4 Å². The van der Waals surface area contributed by atoms with Gasteiger partial charge >= 0.3 is 0 Å². The Morgan fingerprint density at radius 3 is 2.66 bits per heavy atom. The van der Waals surface area contributed by atoms with E-state index in [1.165, 1.54) is 0 Å².